The number of carboxylic acids is 1. The van der Waals surface area contributed by atoms with E-state index in [4.69, 9.17) is 9.84 Å². The van der Waals surface area contributed by atoms with Gasteiger partial charge in [0.15, 0.2) is 11.5 Å². The number of carbonyl (C=O) groups is 2. The second kappa shape index (κ2) is 6.71. The predicted molar refractivity (Wildman–Crippen MR) is 114 cm³/mol. The molecular formula is C24H28N2O6. The molecule has 3 aliphatic carbocycles. The number of hydrogen-bond donors (Lipinski definition) is 4. The minimum Gasteiger partial charge on any atom is -0.504 e. The highest BCUT2D eigenvalue weighted by Crippen LogP contribution is 2.66. The van der Waals surface area contributed by atoms with Gasteiger partial charge in [-0.15, -0.1) is 0 Å². The second-order valence-electron chi connectivity index (χ2n) is 10.1. The molecule has 0 aromatic heterocycles. The number of amides is 1. The first-order valence-electron chi connectivity index (χ1n) is 11.5. The molecule has 2 saturated carbocycles. The second-order valence-corrected chi connectivity index (χ2v) is 10.1. The topological polar surface area (TPSA) is 119 Å². The summed E-state index contributed by atoms with van der Waals surface area (Å²) in [6.45, 7) is 1.40. The van der Waals surface area contributed by atoms with Crippen LogP contribution in [0.3, 0.4) is 0 Å². The lowest BCUT2D eigenvalue weighted by molar-refractivity contribution is -0.174. The number of benzene rings is 1. The Kier molecular flexibility index (Phi) is 4.21. The fourth-order valence-corrected chi connectivity index (χ4v) is 6.87. The van der Waals surface area contributed by atoms with E-state index < -0.39 is 35.5 Å². The summed E-state index contributed by atoms with van der Waals surface area (Å²) in [6.07, 6.45) is 5.80. The molecule has 1 aromatic rings. The zero-order valence-electron chi connectivity index (χ0n) is 17.8. The van der Waals surface area contributed by atoms with Crippen molar-refractivity contribution in [3.05, 3.63) is 34.9 Å². The Labute approximate surface area is 185 Å². The van der Waals surface area contributed by atoms with Crippen LogP contribution in [0.5, 0.6) is 11.5 Å². The molecule has 170 valence electrons. The van der Waals surface area contributed by atoms with Crippen molar-refractivity contribution in [3.63, 3.8) is 0 Å². The summed E-state index contributed by atoms with van der Waals surface area (Å²) >= 11 is 0. The summed E-state index contributed by atoms with van der Waals surface area (Å²) in [7, 11) is 0. The fraction of sp³-hybridized carbons (Fsp3) is 0.583. The number of nitrogens with zero attached hydrogens (tertiary/aromatic N) is 1. The van der Waals surface area contributed by atoms with Crippen LogP contribution in [0.25, 0.3) is 0 Å². The van der Waals surface area contributed by atoms with Gasteiger partial charge >= 0.3 is 5.97 Å². The van der Waals surface area contributed by atoms with Crippen molar-refractivity contribution < 1.29 is 29.6 Å². The number of ether oxygens (including phenoxy) is 1. The molecular weight excluding hydrogens is 412 g/mol. The van der Waals surface area contributed by atoms with Gasteiger partial charge in [0, 0.05) is 24.2 Å². The molecule has 32 heavy (non-hydrogen) atoms. The Hall–Kier alpha value is -2.58. The first-order chi connectivity index (χ1) is 15.3. The number of rotatable bonds is 5. The summed E-state index contributed by atoms with van der Waals surface area (Å²) in [5, 5.41) is 34.2. The van der Waals surface area contributed by atoms with Gasteiger partial charge in [0.05, 0.1) is 11.0 Å². The first-order valence-corrected chi connectivity index (χ1v) is 11.5. The monoisotopic (exact) mass is 440 g/mol. The number of aromatic hydroxyl groups is 1. The maximum Gasteiger partial charge on any atom is 0.322 e. The molecule has 6 rings (SSSR count). The highest BCUT2D eigenvalue weighted by molar-refractivity contribution is 5.91. The van der Waals surface area contributed by atoms with Gasteiger partial charge in [-0.25, -0.2) is 0 Å². The standard InChI is InChI=1S/C24H28N2O6/c27-16-4-3-14-9-17-24(31)6-5-15(10-18(28)25-11-19(29)30)22-23(24,20(14)21(16)32-22)7-8-26(17)12-13-1-2-13/h3-4,10,13,17,22,27,31H,1-2,5-9,11-12H2,(H,25,28)(H,29,30)/b15-10+/t17-,22+,23+,24-/m1/s1. The average Bonchev–Trinajstić information content (AvgIpc) is 3.49. The van der Waals surface area contributed by atoms with Gasteiger partial charge in [-0.2, -0.15) is 0 Å². The van der Waals surface area contributed by atoms with Gasteiger partial charge in [0.25, 0.3) is 0 Å². The molecule has 4 atom stereocenters. The van der Waals surface area contributed by atoms with Crippen molar-refractivity contribution in [3.8, 4) is 11.5 Å². The van der Waals surface area contributed by atoms with Crippen LogP contribution in [-0.4, -0.2) is 69.5 Å². The number of likely N-dealkylation sites (tertiary alicyclic amines) is 1. The Morgan fingerprint density at radius 3 is 2.84 bits per heavy atom. The van der Waals surface area contributed by atoms with E-state index in [9.17, 15) is 19.8 Å². The van der Waals surface area contributed by atoms with Crippen molar-refractivity contribution in [2.45, 2.75) is 61.7 Å². The molecule has 8 nitrogen and oxygen atoms in total. The number of phenolic OH excluding ortho intramolecular Hbond substituents is 1. The molecule has 1 saturated heterocycles. The lowest BCUT2D eigenvalue weighted by Gasteiger charge is -2.63. The predicted octanol–water partition coefficient (Wildman–Crippen LogP) is 1.08. The SMILES string of the molecule is O=C(O)CNC(=O)/C=C1\CC[C@@]2(O)[C@H]3Cc4ccc(O)c5c4[C@@]2(CCN3CC2CC2)[C@H]1O5. The van der Waals surface area contributed by atoms with E-state index >= 15 is 0 Å². The minimum atomic E-state index is -1.11. The number of carboxylic acid groups (broad SMARTS) is 1. The zero-order chi connectivity index (χ0) is 22.3. The molecule has 1 amide bonds. The van der Waals surface area contributed by atoms with Gasteiger partial charge in [-0.05, 0) is 68.2 Å². The number of nitrogens with one attached hydrogen (secondary N) is 1. The third-order valence-electron chi connectivity index (χ3n) is 8.38. The number of piperidine rings is 1. The molecule has 8 heteroatoms. The maximum absolute atomic E-state index is 12.4. The third-order valence-corrected chi connectivity index (χ3v) is 8.38. The van der Waals surface area contributed by atoms with Crippen LogP contribution in [-0.2, 0) is 21.4 Å². The van der Waals surface area contributed by atoms with Crippen LogP contribution in [0.2, 0.25) is 0 Å². The van der Waals surface area contributed by atoms with Crippen LogP contribution in [0.15, 0.2) is 23.8 Å². The van der Waals surface area contributed by atoms with Crippen molar-refractivity contribution in [2.75, 3.05) is 19.6 Å². The van der Waals surface area contributed by atoms with Crippen LogP contribution >= 0.6 is 0 Å². The number of carbonyl (C=O) groups excluding carboxylic acids is 1. The first kappa shape index (κ1) is 20.1. The van der Waals surface area contributed by atoms with Crippen LogP contribution in [0, 0.1) is 5.92 Å². The summed E-state index contributed by atoms with van der Waals surface area (Å²) in [5.74, 6) is -0.378. The lowest BCUT2D eigenvalue weighted by Crippen LogP contribution is -2.75. The Morgan fingerprint density at radius 1 is 1.28 bits per heavy atom. The van der Waals surface area contributed by atoms with E-state index in [1.807, 2.05) is 6.07 Å². The van der Waals surface area contributed by atoms with Crippen LogP contribution in [0.4, 0.5) is 0 Å². The van der Waals surface area contributed by atoms with E-state index in [0.29, 0.717) is 25.0 Å². The number of phenols is 1. The van der Waals surface area contributed by atoms with E-state index in [0.717, 1.165) is 42.1 Å². The van der Waals surface area contributed by atoms with Crippen molar-refractivity contribution in [1.29, 1.82) is 0 Å². The van der Waals surface area contributed by atoms with Crippen molar-refractivity contribution in [2.24, 2.45) is 5.92 Å². The summed E-state index contributed by atoms with van der Waals surface area (Å²) in [5.41, 5.74) is 1.04. The van der Waals surface area contributed by atoms with Gasteiger partial charge in [-0.3, -0.25) is 14.5 Å². The smallest absolute Gasteiger partial charge is 0.322 e. The molecule has 2 heterocycles. The summed E-state index contributed by atoms with van der Waals surface area (Å²) in [6, 6.07) is 3.59. The van der Waals surface area contributed by atoms with Gasteiger partial charge in [-0.1, -0.05) is 6.07 Å². The van der Waals surface area contributed by atoms with Crippen LogP contribution < -0.4 is 10.1 Å². The van der Waals surface area contributed by atoms with E-state index in [1.165, 1.54) is 18.9 Å². The largest absolute Gasteiger partial charge is 0.504 e. The molecule has 2 bridgehead atoms. The minimum absolute atomic E-state index is 0.0201. The Balaban J connectivity index is 1.44. The Bertz CT molecular complexity index is 1050. The number of aliphatic hydroxyl groups is 1. The van der Waals surface area contributed by atoms with Crippen molar-refractivity contribution in [1.82, 2.24) is 10.2 Å². The van der Waals surface area contributed by atoms with Gasteiger partial charge < -0.3 is 25.4 Å². The summed E-state index contributed by atoms with van der Waals surface area (Å²) < 4.78 is 6.35. The quantitative estimate of drug-likeness (QED) is 0.506. The number of hydrogen-bond acceptors (Lipinski definition) is 6. The van der Waals surface area contributed by atoms with E-state index in [2.05, 4.69) is 10.2 Å². The van der Waals surface area contributed by atoms with E-state index in [-0.39, 0.29) is 11.8 Å². The molecule has 0 radical (unpaired) electrons. The molecule has 2 aliphatic heterocycles. The van der Waals surface area contributed by atoms with E-state index in [1.54, 1.807) is 6.07 Å². The van der Waals surface area contributed by atoms with Gasteiger partial charge in [0.2, 0.25) is 5.91 Å². The normalized spacial score (nSPS) is 35.8. The lowest BCUT2D eigenvalue weighted by atomic mass is 9.48. The summed E-state index contributed by atoms with van der Waals surface area (Å²) in [4.78, 5) is 25.7. The zero-order valence-corrected chi connectivity index (χ0v) is 17.8. The molecule has 0 unspecified atom stereocenters. The molecule has 3 fully saturated rings. The molecule has 1 spiro atoms. The molecule has 5 aliphatic rings. The third kappa shape index (κ3) is 2.62. The highest BCUT2D eigenvalue weighted by atomic mass is 16.5. The van der Waals surface area contributed by atoms with Gasteiger partial charge in [0.1, 0.15) is 12.6 Å². The average molecular weight is 440 g/mol. The van der Waals surface area contributed by atoms with Crippen molar-refractivity contribution >= 4 is 11.9 Å². The van der Waals surface area contributed by atoms with Crippen LogP contribution in [0.1, 0.15) is 43.2 Å². The Morgan fingerprint density at radius 2 is 2.09 bits per heavy atom. The molecule has 4 N–H and O–H groups in total. The highest BCUT2D eigenvalue weighted by Gasteiger charge is 2.72. The fourth-order valence-electron chi connectivity index (χ4n) is 6.87. The molecule has 1 aromatic carbocycles. The number of aliphatic carboxylic acids is 1. The maximum atomic E-state index is 12.4.